The van der Waals surface area contributed by atoms with Crippen molar-refractivity contribution in [2.75, 3.05) is 0 Å². The van der Waals surface area contributed by atoms with E-state index >= 15 is 0 Å². The molecule has 2 aliphatic carbocycles. The zero-order valence-electron chi connectivity index (χ0n) is 24.5. The number of hydrogen-bond donors (Lipinski definition) is 0. The molecule has 2 nitrogen and oxygen atoms in total. The summed E-state index contributed by atoms with van der Waals surface area (Å²) in [5.74, 6) is -8.44. The van der Waals surface area contributed by atoms with E-state index in [4.69, 9.17) is 0 Å². The van der Waals surface area contributed by atoms with Crippen LogP contribution in [-0.4, -0.2) is 12.5 Å². The molecule has 2 aromatic rings. The second kappa shape index (κ2) is 14.5. The fourth-order valence-electron chi connectivity index (χ4n) is 6.36. The van der Waals surface area contributed by atoms with Crippen molar-refractivity contribution < 1.29 is 49.0 Å². The molecule has 11 heteroatoms. The van der Waals surface area contributed by atoms with Crippen LogP contribution in [0.4, 0.5) is 39.5 Å². The Labute approximate surface area is 251 Å². The summed E-state index contributed by atoms with van der Waals surface area (Å²) in [5, 5.41) is 0. The molecule has 0 N–H and O–H groups in total. The molecule has 0 unspecified atom stereocenters. The summed E-state index contributed by atoms with van der Waals surface area (Å²) in [5.41, 5.74) is 0.855. The van der Waals surface area contributed by atoms with Gasteiger partial charge in [-0.3, -0.25) is 0 Å². The van der Waals surface area contributed by atoms with Gasteiger partial charge >= 0.3 is 12.5 Å². The number of aryl methyl sites for hydroxylation is 1. The molecule has 0 atom stereocenters. The van der Waals surface area contributed by atoms with Crippen molar-refractivity contribution in [3.05, 3.63) is 70.8 Å². The van der Waals surface area contributed by atoms with Crippen molar-refractivity contribution in [2.24, 2.45) is 17.8 Å². The van der Waals surface area contributed by atoms with Crippen LogP contribution >= 0.6 is 0 Å². The maximum absolute atomic E-state index is 14.8. The third kappa shape index (κ3) is 9.10. The van der Waals surface area contributed by atoms with E-state index in [9.17, 15) is 39.5 Å². The van der Waals surface area contributed by atoms with E-state index in [1.54, 1.807) is 0 Å². The van der Waals surface area contributed by atoms with Gasteiger partial charge in [-0.1, -0.05) is 31.9 Å². The third-order valence-electron chi connectivity index (χ3n) is 8.73. The molecule has 244 valence electrons. The molecular formula is C33H37F9O2. The minimum Gasteiger partial charge on any atom is -0.432 e. The second-order valence-corrected chi connectivity index (χ2v) is 12.0. The molecule has 0 amide bonds. The molecule has 44 heavy (non-hydrogen) atoms. The Bertz CT molecular complexity index is 1230. The molecule has 0 bridgehead atoms. The summed E-state index contributed by atoms with van der Waals surface area (Å²) in [6.07, 6.45) is 2.35. The van der Waals surface area contributed by atoms with E-state index in [1.165, 1.54) is 12.1 Å². The molecule has 0 radical (unpaired) electrons. The summed E-state index contributed by atoms with van der Waals surface area (Å²) in [6, 6.07) is 3.39. The summed E-state index contributed by atoms with van der Waals surface area (Å²) in [7, 11) is 0. The van der Waals surface area contributed by atoms with E-state index in [-0.39, 0.29) is 48.3 Å². The van der Waals surface area contributed by atoms with Crippen LogP contribution in [0, 0.1) is 41.0 Å². The first-order chi connectivity index (χ1) is 20.8. The van der Waals surface area contributed by atoms with Crippen LogP contribution in [-0.2, 0) is 6.42 Å². The molecule has 0 heterocycles. The van der Waals surface area contributed by atoms with Gasteiger partial charge in [-0.25, -0.2) is 17.6 Å². The minimum atomic E-state index is -5.36. The molecule has 2 aromatic carbocycles. The van der Waals surface area contributed by atoms with E-state index in [1.807, 2.05) is 6.08 Å². The Kier molecular flexibility index (Phi) is 11.2. The van der Waals surface area contributed by atoms with Gasteiger partial charge < -0.3 is 9.47 Å². The normalized spacial score (nSPS) is 23.2. The Balaban J connectivity index is 1.25. The van der Waals surface area contributed by atoms with Crippen molar-refractivity contribution in [3.63, 3.8) is 0 Å². The highest BCUT2D eigenvalue weighted by Gasteiger charge is 2.44. The van der Waals surface area contributed by atoms with Crippen molar-refractivity contribution in [3.8, 4) is 11.5 Å². The van der Waals surface area contributed by atoms with E-state index < -0.39 is 53.2 Å². The standard InChI is InChI=1S/C33H37F9O2/c1-2-3-4-5-22-16-26(34)30(27(35)17-22)23-12-8-20(9-13-23)6-7-21-10-14-24(15-11-21)32(38,39)43-25-18-28(36)31(29(37)19-25)44-33(40,41)42/h6-7,16-21,23-24H,2-5,8-15H2,1H3/b7-6+. The van der Waals surface area contributed by atoms with Crippen LogP contribution in [0.25, 0.3) is 0 Å². The summed E-state index contributed by atoms with van der Waals surface area (Å²) < 4.78 is 132. The van der Waals surface area contributed by atoms with Gasteiger partial charge in [0, 0.05) is 17.7 Å². The van der Waals surface area contributed by atoms with Gasteiger partial charge in [-0.05, 0) is 99.7 Å². The molecule has 2 fully saturated rings. The fraction of sp³-hybridized carbons (Fsp3) is 0.576. The van der Waals surface area contributed by atoms with Crippen LogP contribution in [0.15, 0.2) is 36.4 Å². The smallest absolute Gasteiger partial charge is 0.432 e. The average Bonchev–Trinajstić information content (AvgIpc) is 2.94. The van der Waals surface area contributed by atoms with E-state index in [0.29, 0.717) is 37.7 Å². The maximum Gasteiger partial charge on any atom is 0.573 e. The first-order valence-electron chi connectivity index (χ1n) is 15.2. The number of ether oxygens (including phenoxy) is 2. The molecule has 2 aliphatic rings. The van der Waals surface area contributed by atoms with Crippen LogP contribution in [0.1, 0.15) is 94.6 Å². The Hall–Kier alpha value is -2.85. The van der Waals surface area contributed by atoms with Gasteiger partial charge in [-0.15, -0.1) is 13.2 Å². The van der Waals surface area contributed by atoms with Crippen LogP contribution in [0.5, 0.6) is 11.5 Å². The number of allylic oxidation sites excluding steroid dienone is 2. The first kappa shape index (κ1) is 34.0. The lowest BCUT2D eigenvalue weighted by atomic mass is 9.76. The highest BCUT2D eigenvalue weighted by molar-refractivity contribution is 5.35. The van der Waals surface area contributed by atoms with Crippen molar-refractivity contribution in [2.45, 2.75) is 102 Å². The van der Waals surface area contributed by atoms with Gasteiger partial charge in [0.15, 0.2) is 11.6 Å². The van der Waals surface area contributed by atoms with Crippen LogP contribution in [0.3, 0.4) is 0 Å². The molecular weight excluding hydrogens is 599 g/mol. The Morgan fingerprint density at radius 2 is 1.20 bits per heavy atom. The quantitative estimate of drug-likeness (QED) is 0.139. The number of halogens is 9. The van der Waals surface area contributed by atoms with Crippen LogP contribution in [0.2, 0.25) is 0 Å². The lowest BCUT2D eigenvalue weighted by Gasteiger charge is -2.33. The third-order valence-corrected chi connectivity index (χ3v) is 8.73. The van der Waals surface area contributed by atoms with Crippen LogP contribution < -0.4 is 9.47 Å². The average molecular weight is 637 g/mol. The summed E-state index contributed by atoms with van der Waals surface area (Å²) in [4.78, 5) is 0. The topological polar surface area (TPSA) is 18.5 Å². The van der Waals surface area contributed by atoms with Gasteiger partial charge in [0.05, 0.1) is 5.92 Å². The molecule has 4 rings (SSSR count). The summed E-state index contributed by atoms with van der Waals surface area (Å²) >= 11 is 0. The van der Waals surface area contributed by atoms with E-state index in [2.05, 4.69) is 22.5 Å². The van der Waals surface area contributed by atoms with Gasteiger partial charge in [0.2, 0.25) is 5.75 Å². The van der Waals surface area contributed by atoms with Crippen molar-refractivity contribution >= 4 is 0 Å². The van der Waals surface area contributed by atoms with Crippen molar-refractivity contribution in [1.82, 2.24) is 0 Å². The summed E-state index contributed by atoms with van der Waals surface area (Å²) in [6.45, 7) is 2.07. The molecule has 0 saturated heterocycles. The monoisotopic (exact) mass is 636 g/mol. The minimum absolute atomic E-state index is 0.0450. The number of alkyl halides is 5. The molecule has 2 saturated carbocycles. The molecule has 0 aromatic heterocycles. The predicted octanol–water partition coefficient (Wildman–Crippen LogP) is 11.2. The maximum atomic E-state index is 14.8. The Morgan fingerprint density at radius 1 is 0.682 bits per heavy atom. The van der Waals surface area contributed by atoms with E-state index in [0.717, 1.165) is 32.1 Å². The van der Waals surface area contributed by atoms with Gasteiger partial charge in [0.1, 0.15) is 17.4 Å². The van der Waals surface area contributed by atoms with Gasteiger partial charge in [0.25, 0.3) is 0 Å². The number of unbranched alkanes of at least 4 members (excludes halogenated alkanes) is 2. The highest BCUT2D eigenvalue weighted by Crippen LogP contribution is 2.43. The Morgan fingerprint density at radius 3 is 1.70 bits per heavy atom. The SMILES string of the molecule is CCCCCc1cc(F)c(C2CCC(/C=C/C3CCC(C(F)(F)Oc4cc(F)c(OC(F)(F)F)c(F)c4)CC3)CC2)c(F)c1. The zero-order chi connectivity index (χ0) is 32.1. The van der Waals surface area contributed by atoms with Crippen molar-refractivity contribution in [1.29, 1.82) is 0 Å². The second-order valence-electron chi connectivity index (χ2n) is 12.0. The first-order valence-corrected chi connectivity index (χ1v) is 15.2. The zero-order valence-corrected chi connectivity index (χ0v) is 24.5. The lowest BCUT2D eigenvalue weighted by Crippen LogP contribution is -2.37. The fourth-order valence-corrected chi connectivity index (χ4v) is 6.36. The number of hydrogen-bond acceptors (Lipinski definition) is 2. The number of rotatable bonds is 11. The van der Waals surface area contributed by atoms with Gasteiger partial charge in [-0.2, -0.15) is 8.78 Å². The molecule has 0 aliphatic heterocycles. The predicted molar refractivity (Wildman–Crippen MR) is 147 cm³/mol. The highest BCUT2D eigenvalue weighted by atomic mass is 19.4. The largest absolute Gasteiger partial charge is 0.573 e. The number of benzene rings is 2. The lowest BCUT2D eigenvalue weighted by molar-refractivity contribution is -0.276. The molecule has 0 spiro atoms.